The SMILES string of the molecule is Cc1ccc(CC(=O)N/N=C/c2ccc(OC(C)C)cc2OC(C)C)c(C)c1. The lowest BCUT2D eigenvalue weighted by Crippen LogP contribution is -2.20. The van der Waals surface area contributed by atoms with E-state index < -0.39 is 0 Å². The molecular formula is C23H30N2O3. The van der Waals surface area contributed by atoms with Gasteiger partial charge in [0.05, 0.1) is 24.8 Å². The van der Waals surface area contributed by atoms with Crippen LogP contribution in [0.4, 0.5) is 0 Å². The Morgan fingerprint density at radius 2 is 1.75 bits per heavy atom. The number of amides is 1. The van der Waals surface area contributed by atoms with Crippen LogP contribution in [0, 0.1) is 13.8 Å². The topological polar surface area (TPSA) is 59.9 Å². The minimum Gasteiger partial charge on any atom is -0.491 e. The van der Waals surface area contributed by atoms with Crippen LogP contribution in [0.2, 0.25) is 0 Å². The van der Waals surface area contributed by atoms with Gasteiger partial charge in [0.2, 0.25) is 5.91 Å². The summed E-state index contributed by atoms with van der Waals surface area (Å²) in [5.41, 5.74) is 6.65. The molecule has 150 valence electrons. The standard InChI is InChI=1S/C23H30N2O3/c1-15(2)27-21-10-9-20(22(13-21)28-16(3)4)14-24-25-23(26)12-19-8-7-17(5)11-18(19)6/h7-11,13-16H,12H2,1-6H3,(H,25,26)/b24-14+. The molecule has 28 heavy (non-hydrogen) atoms. The van der Waals surface area contributed by atoms with Crippen molar-refractivity contribution in [2.24, 2.45) is 5.10 Å². The molecule has 0 fully saturated rings. The van der Waals surface area contributed by atoms with Crippen molar-refractivity contribution in [2.75, 3.05) is 0 Å². The number of carbonyl (C=O) groups is 1. The van der Waals surface area contributed by atoms with E-state index in [9.17, 15) is 4.79 Å². The summed E-state index contributed by atoms with van der Waals surface area (Å²) in [6, 6.07) is 11.6. The molecule has 5 heteroatoms. The van der Waals surface area contributed by atoms with E-state index in [1.54, 1.807) is 6.21 Å². The molecule has 0 radical (unpaired) electrons. The van der Waals surface area contributed by atoms with Crippen molar-refractivity contribution >= 4 is 12.1 Å². The summed E-state index contributed by atoms with van der Waals surface area (Å²) < 4.78 is 11.6. The zero-order valence-electron chi connectivity index (χ0n) is 17.6. The fourth-order valence-corrected chi connectivity index (χ4v) is 2.75. The molecular weight excluding hydrogens is 352 g/mol. The quantitative estimate of drug-likeness (QED) is 0.537. The number of hydrazone groups is 1. The van der Waals surface area contributed by atoms with Crippen LogP contribution in [-0.2, 0) is 11.2 Å². The fourth-order valence-electron chi connectivity index (χ4n) is 2.75. The maximum absolute atomic E-state index is 12.2. The zero-order valence-corrected chi connectivity index (χ0v) is 17.6. The summed E-state index contributed by atoms with van der Waals surface area (Å²) in [7, 11) is 0. The highest BCUT2D eigenvalue weighted by atomic mass is 16.5. The Balaban J connectivity index is 2.06. The number of carbonyl (C=O) groups excluding carboxylic acids is 1. The van der Waals surface area contributed by atoms with Gasteiger partial charge >= 0.3 is 0 Å². The van der Waals surface area contributed by atoms with Crippen LogP contribution in [0.1, 0.15) is 49.9 Å². The Labute approximate surface area is 167 Å². The predicted octanol–water partition coefficient (Wildman–Crippen LogP) is 4.57. The van der Waals surface area contributed by atoms with E-state index in [0.717, 1.165) is 22.4 Å². The van der Waals surface area contributed by atoms with E-state index in [-0.39, 0.29) is 18.1 Å². The molecule has 0 aliphatic heterocycles. The number of nitrogens with one attached hydrogen (secondary N) is 1. The lowest BCUT2D eigenvalue weighted by atomic mass is 10.0. The number of aryl methyl sites for hydroxylation is 2. The molecule has 2 aromatic rings. The third-order valence-electron chi connectivity index (χ3n) is 3.96. The minimum atomic E-state index is -0.158. The van der Waals surface area contributed by atoms with E-state index in [1.807, 2.05) is 71.9 Å². The van der Waals surface area contributed by atoms with Crippen LogP contribution in [-0.4, -0.2) is 24.3 Å². The van der Waals surface area contributed by atoms with Gasteiger partial charge in [0, 0.05) is 11.6 Å². The summed E-state index contributed by atoms with van der Waals surface area (Å²) in [6.07, 6.45) is 1.98. The Bertz CT molecular complexity index is 842. The Kier molecular flexibility index (Phi) is 7.61. The molecule has 2 rings (SSSR count). The largest absolute Gasteiger partial charge is 0.491 e. The maximum Gasteiger partial charge on any atom is 0.244 e. The second kappa shape index (κ2) is 9.93. The van der Waals surface area contributed by atoms with E-state index in [4.69, 9.17) is 9.47 Å². The predicted molar refractivity (Wildman–Crippen MR) is 113 cm³/mol. The first kappa shape index (κ1) is 21.5. The smallest absolute Gasteiger partial charge is 0.244 e. The van der Waals surface area contributed by atoms with Gasteiger partial charge in [-0.25, -0.2) is 5.43 Å². The van der Waals surface area contributed by atoms with Crippen LogP contribution >= 0.6 is 0 Å². The molecule has 0 saturated carbocycles. The second-order valence-electron chi connectivity index (χ2n) is 7.43. The van der Waals surface area contributed by atoms with Crippen LogP contribution in [0.25, 0.3) is 0 Å². The molecule has 0 bridgehead atoms. The van der Waals surface area contributed by atoms with Crippen molar-refractivity contribution in [1.82, 2.24) is 5.43 Å². The highest BCUT2D eigenvalue weighted by molar-refractivity contribution is 5.86. The molecule has 0 saturated heterocycles. The average molecular weight is 383 g/mol. The van der Waals surface area contributed by atoms with Crippen LogP contribution in [0.5, 0.6) is 11.5 Å². The monoisotopic (exact) mass is 382 g/mol. The molecule has 0 aromatic heterocycles. The van der Waals surface area contributed by atoms with E-state index in [0.29, 0.717) is 12.2 Å². The molecule has 0 unspecified atom stereocenters. The second-order valence-corrected chi connectivity index (χ2v) is 7.43. The molecule has 0 spiro atoms. The first-order valence-corrected chi connectivity index (χ1v) is 9.60. The average Bonchev–Trinajstić information content (AvgIpc) is 2.58. The van der Waals surface area contributed by atoms with Crippen LogP contribution < -0.4 is 14.9 Å². The summed E-state index contributed by atoms with van der Waals surface area (Å²) >= 11 is 0. The summed E-state index contributed by atoms with van der Waals surface area (Å²) in [6.45, 7) is 11.9. The Morgan fingerprint density at radius 1 is 1.04 bits per heavy atom. The van der Waals surface area contributed by atoms with Gasteiger partial charge in [0.15, 0.2) is 0 Å². The first-order chi connectivity index (χ1) is 13.2. The van der Waals surface area contributed by atoms with Crippen molar-refractivity contribution in [1.29, 1.82) is 0 Å². The minimum absolute atomic E-state index is 0.0144. The molecule has 1 N–H and O–H groups in total. The maximum atomic E-state index is 12.2. The van der Waals surface area contributed by atoms with Crippen molar-refractivity contribution < 1.29 is 14.3 Å². The molecule has 5 nitrogen and oxygen atoms in total. The van der Waals surface area contributed by atoms with Gasteiger partial charge in [0.1, 0.15) is 11.5 Å². The van der Waals surface area contributed by atoms with Crippen molar-refractivity contribution in [3.63, 3.8) is 0 Å². The number of rotatable bonds is 8. The van der Waals surface area contributed by atoms with Crippen LogP contribution in [0.3, 0.4) is 0 Å². The van der Waals surface area contributed by atoms with E-state index in [2.05, 4.69) is 16.6 Å². The number of hydrogen-bond donors (Lipinski definition) is 1. The molecule has 1 amide bonds. The van der Waals surface area contributed by atoms with Crippen LogP contribution in [0.15, 0.2) is 41.5 Å². The summed E-state index contributed by atoms with van der Waals surface area (Å²) in [5.74, 6) is 1.25. The van der Waals surface area contributed by atoms with Gasteiger partial charge in [-0.2, -0.15) is 5.10 Å². The van der Waals surface area contributed by atoms with Gasteiger partial charge in [-0.1, -0.05) is 23.8 Å². The van der Waals surface area contributed by atoms with Gasteiger partial charge in [-0.3, -0.25) is 4.79 Å². The molecule has 0 heterocycles. The van der Waals surface area contributed by atoms with E-state index in [1.165, 1.54) is 5.56 Å². The first-order valence-electron chi connectivity index (χ1n) is 9.60. The number of hydrogen-bond acceptors (Lipinski definition) is 4. The van der Waals surface area contributed by atoms with Crippen molar-refractivity contribution in [2.45, 2.75) is 60.2 Å². The summed E-state index contributed by atoms with van der Waals surface area (Å²) in [4.78, 5) is 12.2. The molecule has 0 aliphatic rings. The van der Waals surface area contributed by atoms with Crippen molar-refractivity contribution in [3.05, 3.63) is 58.7 Å². The summed E-state index contributed by atoms with van der Waals surface area (Å²) in [5, 5.41) is 4.10. The molecule has 2 aromatic carbocycles. The van der Waals surface area contributed by atoms with E-state index >= 15 is 0 Å². The van der Waals surface area contributed by atoms with Gasteiger partial charge in [0.25, 0.3) is 0 Å². The lowest BCUT2D eigenvalue weighted by Gasteiger charge is -2.15. The van der Waals surface area contributed by atoms with Gasteiger partial charge in [-0.15, -0.1) is 0 Å². The zero-order chi connectivity index (χ0) is 20.7. The number of nitrogens with zero attached hydrogens (tertiary/aromatic N) is 1. The Hall–Kier alpha value is -2.82. The molecule has 0 aliphatic carbocycles. The third-order valence-corrected chi connectivity index (χ3v) is 3.96. The number of ether oxygens (including phenoxy) is 2. The lowest BCUT2D eigenvalue weighted by molar-refractivity contribution is -0.120. The van der Waals surface area contributed by atoms with Crippen molar-refractivity contribution in [3.8, 4) is 11.5 Å². The number of benzene rings is 2. The highest BCUT2D eigenvalue weighted by Gasteiger charge is 2.09. The highest BCUT2D eigenvalue weighted by Crippen LogP contribution is 2.25. The molecule has 0 atom stereocenters. The van der Waals surface area contributed by atoms with Gasteiger partial charge < -0.3 is 9.47 Å². The normalized spacial score (nSPS) is 11.3. The third kappa shape index (κ3) is 6.72. The van der Waals surface area contributed by atoms with Gasteiger partial charge in [-0.05, 0) is 64.8 Å². The fraction of sp³-hybridized carbons (Fsp3) is 0.391. The Morgan fingerprint density at radius 3 is 2.39 bits per heavy atom.